The summed E-state index contributed by atoms with van der Waals surface area (Å²) < 4.78 is 0.485. The number of quaternary nitrogens is 1. The second-order valence-corrected chi connectivity index (χ2v) is 8.31. The molecular formula is C18H27N7O2. The Morgan fingerprint density at radius 2 is 2.07 bits per heavy atom. The average molecular weight is 373 g/mol. The molecule has 2 aromatic rings. The third-order valence-electron chi connectivity index (χ3n) is 5.37. The van der Waals surface area contributed by atoms with Crippen LogP contribution in [0.5, 0.6) is 0 Å². The number of nitrogens with one attached hydrogen (secondary N) is 3. The van der Waals surface area contributed by atoms with Crippen molar-refractivity contribution in [3.63, 3.8) is 0 Å². The molecule has 0 aromatic carbocycles. The molecule has 27 heavy (non-hydrogen) atoms. The summed E-state index contributed by atoms with van der Waals surface area (Å²) in [5.74, 6) is 2.23. The monoisotopic (exact) mass is 373 g/mol. The zero-order valence-electron chi connectivity index (χ0n) is 16.4. The number of aromatic nitrogens is 4. The number of amides is 1. The minimum atomic E-state index is -1.24. The number of hydrogen-bond acceptors (Lipinski definition) is 6. The maximum Gasteiger partial charge on any atom is 0.331 e. The van der Waals surface area contributed by atoms with Gasteiger partial charge in [0.25, 0.3) is 0 Å². The van der Waals surface area contributed by atoms with E-state index in [1.807, 2.05) is 26.0 Å². The minimum absolute atomic E-state index is 0.134. The molecule has 3 atom stereocenters. The van der Waals surface area contributed by atoms with E-state index in [1.54, 1.807) is 6.20 Å². The van der Waals surface area contributed by atoms with Crippen molar-refractivity contribution < 1.29 is 9.90 Å². The highest BCUT2D eigenvalue weighted by Gasteiger charge is 2.54. The predicted octanol–water partition coefficient (Wildman–Crippen LogP) is 1.31. The van der Waals surface area contributed by atoms with E-state index in [0.717, 1.165) is 18.1 Å². The first-order valence-electron chi connectivity index (χ1n) is 9.08. The molecule has 1 aliphatic heterocycles. The van der Waals surface area contributed by atoms with E-state index in [-0.39, 0.29) is 17.5 Å². The lowest BCUT2D eigenvalue weighted by atomic mass is 10.0. The van der Waals surface area contributed by atoms with Crippen LogP contribution in [0.25, 0.3) is 0 Å². The number of carbonyl (C=O) groups is 1. The lowest BCUT2D eigenvalue weighted by molar-refractivity contribution is -0.251. The molecule has 1 amide bonds. The molecule has 3 N–H and O–H groups in total. The van der Waals surface area contributed by atoms with Crippen molar-refractivity contribution in [1.29, 1.82) is 0 Å². The molecule has 1 unspecified atom stereocenters. The molecule has 146 valence electrons. The average Bonchev–Trinajstić information content (AvgIpc) is 3.15. The number of nitrogens with zero attached hydrogens (tertiary/aromatic N) is 4. The number of carbonyl (C=O) groups excluding carboxylic acids is 1. The third-order valence-corrected chi connectivity index (χ3v) is 5.37. The second-order valence-electron chi connectivity index (χ2n) is 8.31. The molecule has 0 spiro atoms. The summed E-state index contributed by atoms with van der Waals surface area (Å²) in [6.45, 7) is 11.7. The van der Waals surface area contributed by atoms with Crippen LogP contribution in [-0.4, -0.2) is 50.9 Å². The number of H-pyrrole nitrogens is 1. The highest BCUT2D eigenvalue weighted by molar-refractivity contribution is 5.62. The van der Waals surface area contributed by atoms with Crippen LogP contribution in [0.1, 0.15) is 33.4 Å². The van der Waals surface area contributed by atoms with Crippen LogP contribution in [0.15, 0.2) is 18.3 Å². The Labute approximate surface area is 158 Å². The normalized spacial score (nSPS) is 25.4. The maximum atomic E-state index is 11.1. The van der Waals surface area contributed by atoms with Crippen molar-refractivity contribution in [2.24, 2.45) is 5.92 Å². The summed E-state index contributed by atoms with van der Waals surface area (Å²) in [4.78, 5) is 20.6. The summed E-state index contributed by atoms with van der Waals surface area (Å²) in [7, 11) is 0. The molecule has 0 radical (unpaired) electrons. The van der Waals surface area contributed by atoms with Crippen LogP contribution in [0.2, 0.25) is 0 Å². The first-order valence-corrected chi connectivity index (χ1v) is 9.08. The first-order chi connectivity index (χ1) is 12.6. The van der Waals surface area contributed by atoms with Gasteiger partial charge in [0.15, 0.2) is 0 Å². The molecule has 1 saturated heterocycles. The summed E-state index contributed by atoms with van der Waals surface area (Å²) in [6, 6.07) is 3.49. The second kappa shape index (κ2) is 6.80. The van der Waals surface area contributed by atoms with Crippen LogP contribution in [0.4, 0.5) is 22.4 Å². The Morgan fingerprint density at radius 1 is 1.33 bits per heavy atom. The number of likely N-dealkylation sites (tertiary alicyclic amines) is 1. The highest BCUT2D eigenvalue weighted by Crippen LogP contribution is 2.38. The molecule has 3 heterocycles. The molecular weight excluding hydrogens is 346 g/mol. The largest absolute Gasteiger partial charge is 0.530 e. The van der Waals surface area contributed by atoms with Crippen LogP contribution in [0, 0.1) is 12.8 Å². The van der Waals surface area contributed by atoms with Crippen molar-refractivity contribution in [1.82, 2.24) is 30.0 Å². The zero-order valence-corrected chi connectivity index (χ0v) is 16.4. The van der Waals surface area contributed by atoms with E-state index in [9.17, 15) is 9.90 Å². The van der Waals surface area contributed by atoms with E-state index < -0.39 is 6.09 Å². The molecule has 1 fully saturated rings. The SMILES string of the molecule is Cc1cc(Nc2ccn[nH]2)nc([N+]2(C(C)(C)C)C[C@@H](C)[C@@H](NC(=O)[O-])C2)n1. The fourth-order valence-corrected chi connectivity index (χ4v) is 3.83. The van der Waals surface area contributed by atoms with Crippen LogP contribution in [-0.2, 0) is 0 Å². The zero-order chi connectivity index (χ0) is 19.8. The molecule has 0 bridgehead atoms. The van der Waals surface area contributed by atoms with Gasteiger partial charge < -0.3 is 20.5 Å². The summed E-state index contributed by atoms with van der Waals surface area (Å²) >= 11 is 0. The van der Waals surface area contributed by atoms with Crippen molar-refractivity contribution >= 4 is 23.7 Å². The summed E-state index contributed by atoms with van der Waals surface area (Å²) in [6.07, 6.45) is 0.422. The molecule has 1 aliphatic rings. The van der Waals surface area contributed by atoms with Gasteiger partial charge in [0.1, 0.15) is 24.3 Å². The molecule has 3 rings (SSSR count). The molecule has 0 aliphatic carbocycles. The first kappa shape index (κ1) is 19.1. The van der Waals surface area contributed by atoms with Gasteiger partial charge in [-0.2, -0.15) is 15.1 Å². The van der Waals surface area contributed by atoms with E-state index in [0.29, 0.717) is 22.8 Å². The topological polar surface area (TPSA) is 119 Å². The van der Waals surface area contributed by atoms with Crippen molar-refractivity contribution in [3.8, 4) is 0 Å². The lowest BCUT2D eigenvalue weighted by Gasteiger charge is -2.43. The third kappa shape index (κ3) is 3.73. The molecule has 2 aromatic heterocycles. The van der Waals surface area contributed by atoms with Gasteiger partial charge in [-0.1, -0.05) is 6.92 Å². The van der Waals surface area contributed by atoms with Crippen molar-refractivity contribution in [2.75, 3.05) is 18.4 Å². The Morgan fingerprint density at radius 3 is 2.67 bits per heavy atom. The number of anilines is 2. The Balaban J connectivity index is 2.01. The van der Waals surface area contributed by atoms with Gasteiger partial charge in [-0.15, -0.1) is 0 Å². The Bertz CT molecular complexity index is 816. The Kier molecular flexibility index (Phi) is 4.81. The number of aryl methyl sites for hydroxylation is 1. The van der Waals surface area contributed by atoms with Gasteiger partial charge in [0.2, 0.25) is 0 Å². The van der Waals surface area contributed by atoms with Crippen LogP contribution in [0.3, 0.4) is 0 Å². The fraction of sp³-hybridized carbons (Fsp3) is 0.556. The van der Waals surface area contributed by atoms with Gasteiger partial charge in [-0.3, -0.25) is 9.58 Å². The van der Waals surface area contributed by atoms with E-state index >= 15 is 0 Å². The number of rotatable bonds is 4. The van der Waals surface area contributed by atoms with E-state index in [1.165, 1.54) is 0 Å². The minimum Gasteiger partial charge on any atom is -0.530 e. The van der Waals surface area contributed by atoms with Gasteiger partial charge in [0.05, 0.1) is 24.3 Å². The number of aromatic amines is 1. The van der Waals surface area contributed by atoms with Gasteiger partial charge >= 0.3 is 5.95 Å². The van der Waals surface area contributed by atoms with Gasteiger partial charge in [-0.05, 0) is 27.7 Å². The van der Waals surface area contributed by atoms with Crippen molar-refractivity contribution in [2.45, 2.75) is 46.2 Å². The predicted molar refractivity (Wildman–Crippen MR) is 101 cm³/mol. The van der Waals surface area contributed by atoms with Crippen LogP contribution >= 0.6 is 0 Å². The van der Waals surface area contributed by atoms with Crippen molar-refractivity contribution in [3.05, 3.63) is 24.0 Å². The quantitative estimate of drug-likeness (QED) is 0.695. The molecule has 0 saturated carbocycles. The standard InChI is InChI=1S/C18H27N7O2/c1-11-9-25(18(3,4)5,10-13(11)21-17(26)27)16-20-12(2)8-15(23-16)22-14-6-7-19-24-14/h6-8,11,13,21H,9-10H2,1-5H3,(H2-,19,20,22,23,24,26,27)/t11-,13+,25?/m1/s1. The Hall–Kier alpha value is -2.68. The number of hydrogen-bond donors (Lipinski definition) is 3. The lowest BCUT2D eigenvalue weighted by Crippen LogP contribution is -2.62. The fourth-order valence-electron chi connectivity index (χ4n) is 3.83. The van der Waals surface area contributed by atoms with E-state index in [4.69, 9.17) is 9.97 Å². The van der Waals surface area contributed by atoms with Gasteiger partial charge in [0, 0.05) is 23.7 Å². The highest BCUT2D eigenvalue weighted by atomic mass is 16.4. The summed E-state index contributed by atoms with van der Waals surface area (Å²) in [5, 5.41) is 23.7. The maximum absolute atomic E-state index is 11.1. The molecule has 9 nitrogen and oxygen atoms in total. The van der Waals surface area contributed by atoms with Crippen LogP contribution < -0.4 is 20.2 Å². The van der Waals surface area contributed by atoms with E-state index in [2.05, 4.69) is 41.6 Å². The summed E-state index contributed by atoms with van der Waals surface area (Å²) in [5.41, 5.74) is 0.628. The smallest absolute Gasteiger partial charge is 0.331 e. The van der Waals surface area contributed by atoms with Gasteiger partial charge in [-0.25, -0.2) is 0 Å². The number of carboxylic acid groups (broad SMARTS) is 1. The molecule has 9 heteroatoms.